The Balaban J connectivity index is 2.01. The molecule has 0 aliphatic rings. The number of carbonyl (C=O) groups excluding carboxylic acids is 2. The number of benzene rings is 1. The maximum absolute atomic E-state index is 12.0. The van der Waals surface area contributed by atoms with Crippen molar-refractivity contribution in [3.05, 3.63) is 60.2 Å². The Morgan fingerprint density at radius 3 is 2.92 bits per heavy atom. The Labute approximate surface area is 143 Å². The number of halogens is 1. The summed E-state index contributed by atoms with van der Waals surface area (Å²) in [5, 5.41) is 7.09. The largest absolute Gasteiger partial charge is 0.452 e. The standard InChI is InChI=1S/C16H15ClN4O3/c1-2-3-4-5-16(23)24-9-15(22)20-13-8-12(17)6-7-14(13)21-11-18-10-19-21/h2-8,10-11H,9H2,1H3,(H,20,22)/b3-2+,5-4+. The van der Waals surface area contributed by atoms with Crippen LogP contribution in [0, 0.1) is 0 Å². The van der Waals surface area contributed by atoms with Gasteiger partial charge in [0.2, 0.25) is 0 Å². The average Bonchev–Trinajstić information content (AvgIpc) is 3.07. The minimum absolute atomic E-state index is 0.414. The first-order valence-corrected chi connectivity index (χ1v) is 7.38. The molecular weight excluding hydrogens is 332 g/mol. The first kappa shape index (κ1) is 17.4. The Bertz CT molecular complexity index is 770. The molecule has 24 heavy (non-hydrogen) atoms. The van der Waals surface area contributed by atoms with Crippen LogP contribution in [-0.2, 0) is 14.3 Å². The predicted octanol–water partition coefficient (Wildman–Crippen LogP) is 2.53. The first-order valence-electron chi connectivity index (χ1n) is 7.00. The van der Waals surface area contributed by atoms with Crippen LogP contribution in [-0.4, -0.2) is 33.2 Å². The summed E-state index contributed by atoms with van der Waals surface area (Å²) in [7, 11) is 0. The van der Waals surface area contributed by atoms with Crippen LogP contribution >= 0.6 is 11.6 Å². The van der Waals surface area contributed by atoms with Crippen LogP contribution in [0.15, 0.2) is 55.2 Å². The smallest absolute Gasteiger partial charge is 0.331 e. The number of allylic oxidation sites excluding steroid dienone is 3. The van der Waals surface area contributed by atoms with Gasteiger partial charge in [-0.3, -0.25) is 4.79 Å². The summed E-state index contributed by atoms with van der Waals surface area (Å²) in [5.74, 6) is -1.10. The Hall–Kier alpha value is -2.93. The molecule has 0 unspecified atom stereocenters. The minimum atomic E-state index is -0.606. The van der Waals surface area contributed by atoms with Gasteiger partial charge in [-0.05, 0) is 25.1 Å². The van der Waals surface area contributed by atoms with Gasteiger partial charge in [-0.2, -0.15) is 5.10 Å². The number of ether oxygens (including phenoxy) is 1. The summed E-state index contributed by atoms with van der Waals surface area (Å²) in [4.78, 5) is 27.2. The Morgan fingerprint density at radius 1 is 1.38 bits per heavy atom. The van der Waals surface area contributed by atoms with Gasteiger partial charge >= 0.3 is 5.97 Å². The fourth-order valence-corrected chi connectivity index (χ4v) is 1.93. The SMILES string of the molecule is C/C=C/C=C/C(=O)OCC(=O)Nc1cc(Cl)ccc1-n1cncn1. The number of rotatable bonds is 6. The zero-order valence-electron chi connectivity index (χ0n) is 12.8. The van der Waals surface area contributed by atoms with Gasteiger partial charge in [-0.15, -0.1) is 0 Å². The number of aromatic nitrogens is 3. The highest BCUT2D eigenvalue weighted by Crippen LogP contribution is 2.23. The summed E-state index contributed by atoms with van der Waals surface area (Å²) in [6.07, 6.45) is 9.07. The lowest BCUT2D eigenvalue weighted by Crippen LogP contribution is -2.21. The van der Waals surface area contributed by atoms with E-state index in [1.807, 2.05) is 6.92 Å². The second kappa shape index (κ2) is 8.64. The number of carbonyl (C=O) groups is 2. The van der Waals surface area contributed by atoms with Crippen LogP contribution in [0.2, 0.25) is 5.02 Å². The molecular formula is C16H15ClN4O3. The number of hydrogen-bond acceptors (Lipinski definition) is 5. The summed E-state index contributed by atoms with van der Waals surface area (Å²) in [6, 6.07) is 4.93. The van der Waals surface area contributed by atoms with Crippen LogP contribution in [0.1, 0.15) is 6.92 Å². The van der Waals surface area contributed by atoms with Gasteiger partial charge in [-0.1, -0.05) is 29.8 Å². The van der Waals surface area contributed by atoms with Gasteiger partial charge in [0.15, 0.2) is 6.61 Å². The third kappa shape index (κ3) is 5.06. The van der Waals surface area contributed by atoms with E-state index in [4.69, 9.17) is 16.3 Å². The molecule has 1 N–H and O–H groups in total. The zero-order valence-corrected chi connectivity index (χ0v) is 13.6. The second-order valence-corrected chi connectivity index (χ2v) is 4.98. The number of nitrogens with one attached hydrogen (secondary N) is 1. The summed E-state index contributed by atoms with van der Waals surface area (Å²) >= 11 is 5.96. The summed E-state index contributed by atoms with van der Waals surface area (Å²) in [6.45, 7) is 1.41. The molecule has 0 saturated carbocycles. The third-order valence-corrected chi connectivity index (χ3v) is 3.01. The highest BCUT2D eigenvalue weighted by Gasteiger charge is 2.11. The van der Waals surface area contributed by atoms with Crippen LogP contribution in [0.5, 0.6) is 0 Å². The van der Waals surface area contributed by atoms with Gasteiger partial charge in [0.1, 0.15) is 12.7 Å². The van der Waals surface area contributed by atoms with Crippen molar-refractivity contribution in [2.24, 2.45) is 0 Å². The van der Waals surface area contributed by atoms with Crippen molar-refractivity contribution in [3.8, 4) is 5.69 Å². The van der Waals surface area contributed by atoms with E-state index in [9.17, 15) is 9.59 Å². The molecule has 0 aliphatic carbocycles. The van der Waals surface area contributed by atoms with Crippen molar-refractivity contribution in [1.82, 2.24) is 14.8 Å². The van der Waals surface area contributed by atoms with Gasteiger partial charge < -0.3 is 10.1 Å². The molecule has 124 valence electrons. The predicted molar refractivity (Wildman–Crippen MR) is 89.9 cm³/mol. The van der Waals surface area contributed by atoms with E-state index in [0.717, 1.165) is 0 Å². The molecule has 0 fully saturated rings. The van der Waals surface area contributed by atoms with Gasteiger partial charge in [-0.25, -0.2) is 14.5 Å². The topological polar surface area (TPSA) is 86.1 Å². The van der Waals surface area contributed by atoms with Gasteiger partial charge in [0.05, 0.1) is 11.4 Å². The molecule has 1 heterocycles. The molecule has 8 heteroatoms. The van der Waals surface area contributed by atoms with Crippen LogP contribution in [0.3, 0.4) is 0 Å². The molecule has 0 atom stereocenters. The Kier molecular flexibility index (Phi) is 6.27. The van der Waals surface area contributed by atoms with E-state index >= 15 is 0 Å². The van der Waals surface area contributed by atoms with E-state index in [1.54, 1.807) is 30.4 Å². The lowest BCUT2D eigenvalue weighted by Gasteiger charge is -2.11. The van der Waals surface area contributed by atoms with E-state index in [0.29, 0.717) is 16.4 Å². The fraction of sp³-hybridized carbons (Fsp3) is 0.125. The van der Waals surface area contributed by atoms with Gasteiger partial charge in [0, 0.05) is 11.1 Å². The van der Waals surface area contributed by atoms with Gasteiger partial charge in [0.25, 0.3) is 5.91 Å². The van der Waals surface area contributed by atoms with Crippen molar-refractivity contribution in [1.29, 1.82) is 0 Å². The van der Waals surface area contributed by atoms with Crippen molar-refractivity contribution >= 4 is 29.2 Å². The van der Waals surface area contributed by atoms with E-state index in [2.05, 4.69) is 15.4 Å². The number of anilines is 1. The summed E-state index contributed by atoms with van der Waals surface area (Å²) < 4.78 is 6.33. The highest BCUT2D eigenvalue weighted by atomic mass is 35.5. The molecule has 1 aromatic carbocycles. The maximum Gasteiger partial charge on any atom is 0.331 e. The monoisotopic (exact) mass is 346 g/mol. The van der Waals surface area contributed by atoms with E-state index < -0.39 is 18.5 Å². The van der Waals surface area contributed by atoms with E-state index in [1.165, 1.54) is 29.5 Å². The number of nitrogens with zero attached hydrogens (tertiary/aromatic N) is 3. The molecule has 0 aliphatic heterocycles. The van der Waals surface area contributed by atoms with Crippen LogP contribution in [0.4, 0.5) is 5.69 Å². The normalized spacial score (nSPS) is 11.1. The molecule has 0 bridgehead atoms. The van der Waals surface area contributed by atoms with Crippen LogP contribution in [0.25, 0.3) is 5.69 Å². The molecule has 7 nitrogen and oxygen atoms in total. The Morgan fingerprint density at radius 2 is 2.21 bits per heavy atom. The average molecular weight is 347 g/mol. The molecule has 0 saturated heterocycles. The lowest BCUT2D eigenvalue weighted by atomic mass is 10.2. The minimum Gasteiger partial charge on any atom is -0.452 e. The molecule has 0 radical (unpaired) electrons. The first-order chi connectivity index (χ1) is 11.6. The molecule has 1 aromatic heterocycles. The maximum atomic E-state index is 12.0. The van der Waals surface area contributed by atoms with Crippen molar-refractivity contribution in [2.45, 2.75) is 6.92 Å². The molecule has 1 amide bonds. The fourth-order valence-electron chi connectivity index (χ4n) is 1.76. The third-order valence-electron chi connectivity index (χ3n) is 2.78. The lowest BCUT2D eigenvalue weighted by molar-refractivity contribution is -0.142. The second-order valence-electron chi connectivity index (χ2n) is 4.54. The number of hydrogen-bond donors (Lipinski definition) is 1. The van der Waals surface area contributed by atoms with Crippen molar-refractivity contribution in [2.75, 3.05) is 11.9 Å². The zero-order chi connectivity index (χ0) is 17.4. The highest BCUT2D eigenvalue weighted by molar-refractivity contribution is 6.31. The van der Waals surface area contributed by atoms with Crippen molar-refractivity contribution in [3.63, 3.8) is 0 Å². The number of amides is 1. The van der Waals surface area contributed by atoms with E-state index in [-0.39, 0.29) is 0 Å². The quantitative estimate of drug-likeness (QED) is 0.493. The number of esters is 1. The summed E-state index contributed by atoms with van der Waals surface area (Å²) in [5.41, 5.74) is 1.02. The molecule has 2 rings (SSSR count). The molecule has 0 spiro atoms. The van der Waals surface area contributed by atoms with Crippen LogP contribution < -0.4 is 5.32 Å². The molecule has 2 aromatic rings. The van der Waals surface area contributed by atoms with Crippen molar-refractivity contribution < 1.29 is 14.3 Å².